The highest BCUT2D eigenvalue weighted by Crippen LogP contribution is 2.42. The average Bonchev–Trinajstić information content (AvgIpc) is 3.21. The largest absolute Gasteiger partial charge is 0.503 e. The minimum Gasteiger partial charge on any atom is -0.503 e. The fraction of sp³-hybridized carbons (Fsp3) is 0.136. The van der Waals surface area contributed by atoms with Crippen molar-refractivity contribution >= 4 is 0 Å². The van der Waals surface area contributed by atoms with E-state index in [1.165, 1.54) is 6.20 Å². The molecule has 6 nitrogen and oxygen atoms in total. The van der Waals surface area contributed by atoms with Gasteiger partial charge in [-0.2, -0.15) is 5.10 Å². The van der Waals surface area contributed by atoms with E-state index in [0.717, 1.165) is 11.1 Å². The number of benzene rings is 2. The maximum Gasteiger partial charge on any atom is 0.242 e. The van der Waals surface area contributed by atoms with Gasteiger partial charge in [-0.3, -0.25) is 9.48 Å². The van der Waals surface area contributed by atoms with Crippen LogP contribution in [0, 0.1) is 0 Å². The standard InChI is InChI=1S/C22H18N4O2/c27-18-13-24-26-17(14-25-12-11-23-22(25)20(26)21(18)28)19(15-7-3-1-4-8-15)16-9-5-2-6-10-16/h1-13,17,19,28H,14H2. The minimum atomic E-state index is -0.502. The summed E-state index contributed by atoms with van der Waals surface area (Å²) in [5.74, 6) is 0.233. The van der Waals surface area contributed by atoms with Crippen LogP contribution >= 0.6 is 0 Å². The molecule has 1 N–H and O–H groups in total. The van der Waals surface area contributed by atoms with Gasteiger partial charge in [-0.05, 0) is 11.1 Å². The first kappa shape index (κ1) is 16.5. The topological polar surface area (TPSA) is 72.9 Å². The van der Waals surface area contributed by atoms with Gasteiger partial charge in [0, 0.05) is 24.9 Å². The van der Waals surface area contributed by atoms with Crippen LogP contribution in [-0.2, 0) is 6.54 Å². The molecule has 0 fully saturated rings. The van der Waals surface area contributed by atoms with Crippen LogP contribution in [0.3, 0.4) is 0 Å². The summed E-state index contributed by atoms with van der Waals surface area (Å²) in [6, 6.07) is 20.3. The molecule has 2 aromatic carbocycles. The molecular formula is C22H18N4O2. The highest BCUT2D eigenvalue weighted by atomic mass is 16.3. The van der Waals surface area contributed by atoms with Gasteiger partial charge in [0.05, 0.1) is 12.2 Å². The van der Waals surface area contributed by atoms with E-state index < -0.39 is 5.43 Å². The zero-order chi connectivity index (χ0) is 19.1. The van der Waals surface area contributed by atoms with Crippen molar-refractivity contribution in [1.82, 2.24) is 19.3 Å². The summed E-state index contributed by atoms with van der Waals surface area (Å²) in [7, 11) is 0. The van der Waals surface area contributed by atoms with E-state index >= 15 is 0 Å². The zero-order valence-electron chi connectivity index (χ0n) is 15.0. The third-order valence-corrected chi connectivity index (χ3v) is 5.31. The molecule has 6 heteroatoms. The third-order valence-electron chi connectivity index (χ3n) is 5.31. The maximum atomic E-state index is 12.1. The van der Waals surface area contributed by atoms with E-state index in [2.05, 4.69) is 34.3 Å². The Morgan fingerprint density at radius 2 is 1.64 bits per heavy atom. The van der Waals surface area contributed by atoms with Gasteiger partial charge in [0.25, 0.3) is 0 Å². The van der Waals surface area contributed by atoms with Crippen molar-refractivity contribution in [2.45, 2.75) is 18.5 Å². The van der Waals surface area contributed by atoms with Crippen LogP contribution < -0.4 is 5.43 Å². The molecule has 5 rings (SSSR count). The van der Waals surface area contributed by atoms with Crippen molar-refractivity contribution in [1.29, 1.82) is 0 Å². The lowest BCUT2D eigenvalue weighted by Gasteiger charge is -2.34. The molecule has 28 heavy (non-hydrogen) atoms. The second kappa shape index (κ2) is 6.49. The number of hydrogen-bond donors (Lipinski definition) is 1. The third kappa shape index (κ3) is 2.53. The Balaban J connectivity index is 1.76. The summed E-state index contributed by atoms with van der Waals surface area (Å²) in [5.41, 5.74) is 2.16. The van der Waals surface area contributed by atoms with E-state index in [1.807, 2.05) is 47.2 Å². The Bertz CT molecular complexity index is 1140. The molecule has 0 saturated heterocycles. The van der Waals surface area contributed by atoms with Gasteiger partial charge >= 0.3 is 0 Å². The van der Waals surface area contributed by atoms with Gasteiger partial charge < -0.3 is 9.67 Å². The van der Waals surface area contributed by atoms with E-state index in [0.29, 0.717) is 18.1 Å². The monoisotopic (exact) mass is 370 g/mol. The smallest absolute Gasteiger partial charge is 0.242 e. The normalized spacial score (nSPS) is 15.2. The molecule has 0 aliphatic carbocycles. The van der Waals surface area contributed by atoms with Crippen molar-refractivity contribution in [3.05, 3.63) is 101 Å². The van der Waals surface area contributed by atoms with E-state index in [4.69, 9.17) is 0 Å². The van der Waals surface area contributed by atoms with Crippen molar-refractivity contribution in [3.63, 3.8) is 0 Å². The second-order valence-electron chi connectivity index (χ2n) is 6.92. The van der Waals surface area contributed by atoms with Gasteiger partial charge in [-0.25, -0.2) is 4.98 Å². The molecule has 4 aromatic rings. The van der Waals surface area contributed by atoms with Crippen LogP contribution in [-0.4, -0.2) is 24.4 Å². The predicted octanol–water partition coefficient (Wildman–Crippen LogP) is 3.20. The quantitative estimate of drug-likeness (QED) is 0.601. The molecule has 1 aliphatic rings. The first-order valence-electron chi connectivity index (χ1n) is 9.16. The Kier molecular flexibility index (Phi) is 3.83. The first-order chi connectivity index (χ1) is 13.7. The zero-order valence-corrected chi connectivity index (χ0v) is 15.0. The summed E-state index contributed by atoms with van der Waals surface area (Å²) < 4.78 is 3.73. The van der Waals surface area contributed by atoms with Gasteiger partial charge in [-0.15, -0.1) is 0 Å². The fourth-order valence-electron chi connectivity index (χ4n) is 4.08. The van der Waals surface area contributed by atoms with E-state index in [1.54, 1.807) is 10.9 Å². The van der Waals surface area contributed by atoms with Crippen LogP contribution in [0.15, 0.2) is 84.0 Å². The number of fused-ring (bicyclic) bond motifs is 3. The predicted molar refractivity (Wildman–Crippen MR) is 105 cm³/mol. The molecular weight excluding hydrogens is 352 g/mol. The van der Waals surface area contributed by atoms with Crippen molar-refractivity contribution in [3.8, 4) is 17.3 Å². The van der Waals surface area contributed by atoms with Gasteiger partial charge in [-0.1, -0.05) is 60.7 Å². The van der Waals surface area contributed by atoms with Crippen LogP contribution in [0.4, 0.5) is 0 Å². The molecule has 1 atom stereocenters. The number of hydrogen-bond acceptors (Lipinski definition) is 4. The van der Waals surface area contributed by atoms with Gasteiger partial charge in [0.1, 0.15) is 5.69 Å². The van der Waals surface area contributed by atoms with Crippen molar-refractivity contribution < 1.29 is 5.11 Å². The Morgan fingerprint density at radius 1 is 1.00 bits per heavy atom. The highest BCUT2D eigenvalue weighted by Gasteiger charge is 2.35. The molecule has 2 aromatic heterocycles. The lowest BCUT2D eigenvalue weighted by atomic mass is 9.84. The van der Waals surface area contributed by atoms with Crippen LogP contribution in [0.5, 0.6) is 5.75 Å². The highest BCUT2D eigenvalue weighted by molar-refractivity contribution is 5.60. The summed E-state index contributed by atoms with van der Waals surface area (Å²) in [6.07, 6.45) is 4.73. The second-order valence-corrected chi connectivity index (χ2v) is 6.92. The van der Waals surface area contributed by atoms with E-state index in [-0.39, 0.29) is 17.7 Å². The first-order valence-corrected chi connectivity index (χ1v) is 9.16. The fourth-order valence-corrected chi connectivity index (χ4v) is 4.08. The number of aromatic hydroxyl groups is 1. The molecule has 0 amide bonds. The molecule has 0 spiro atoms. The van der Waals surface area contributed by atoms with Crippen LogP contribution in [0.2, 0.25) is 0 Å². The summed E-state index contributed by atoms with van der Waals surface area (Å²) in [5, 5.41) is 14.9. The van der Waals surface area contributed by atoms with E-state index in [9.17, 15) is 9.90 Å². The number of nitrogens with zero attached hydrogens (tertiary/aromatic N) is 4. The van der Waals surface area contributed by atoms with Gasteiger partial charge in [0.2, 0.25) is 5.43 Å². The number of rotatable bonds is 3. The molecule has 0 bridgehead atoms. The lowest BCUT2D eigenvalue weighted by Crippen LogP contribution is -2.32. The summed E-state index contributed by atoms with van der Waals surface area (Å²) in [6.45, 7) is 0.631. The van der Waals surface area contributed by atoms with Crippen molar-refractivity contribution in [2.75, 3.05) is 0 Å². The van der Waals surface area contributed by atoms with Crippen molar-refractivity contribution in [2.24, 2.45) is 0 Å². The molecule has 0 radical (unpaired) electrons. The van der Waals surface area contributed by atoms with Crippen LogP contribution in [0.1, 0.15) is 23.1 Å². The maximum absolute atomic E-state index is 12.1. The summed E-state index contributed by atoms with van der Waals surface area (Å²) in [4.78, 5) is 16.4. The molecule has 1 unspecified atom stereocenters. The number of aromatic nitrogens is 4. The lowest BCUT2D eigenvalue weighted by molar-refractivity contribution is 0.331. The molecule has 138 valence electrons. The Morgan fingerprint density at radius 3 is 2.29 bits per heavy atom. The minimum absolute atomic E-state index is 0.00824. The molecule has 0 saturated carbocycles. The molecule has 3 heterocycles. The Hall–Kier alpha value is -3.67. The molecule has 1 aliphatic heterocycles. The summed E-state index contributed by atoms with van der Waals surface area (Å²) >= 11 is 0. The average molecular weight is 370 g/mol. The SMILES string of the molecule is O=c1cnn2c(c1O)-c1nccn1CC2C(c1ccccc1)c1ccccc1. The van der Waals surface area contributed by atoms with Crippen LogP contribution in [0.25, 0.3) is 11.5 Å². The number of imidazole rings is 1. The Labute approximate surface area is 161 Å². The van der Waals surface area contributed by atoms with Gasteiger partial charge in [0.15, 0.2) is 11.6 Å².